The smallest absolute Gasteiger partial charge is 0.315 e. The average Bonchev–Trinajstić information content (AvgIpc) is 2.68. The quantitative estimate of drug-likeness (QED) is 0.281. The van der Waals surface area contributed by atoms with Gasteiger partial charge in [-0.1, -0.05) is 23.7 Å². The van der Waals surface area contributed by atoms with Crippen LogP contribution in [0, 0.1) is 10.1 Å². The summed E-state index contributed by atoms with van der Waals surface area (Å²) < 4.78 is 0. The van der Waals surface area contributed by atoms with E-state index in [0.717, 1.165) is 44.0 Å². The van der Waals surface area contributed by atoms with Crippen molar-refractivity contribution in [3.63, 3.8) is 0 Å². The minimum atomic E-state index is -0.836. The zero-order valence-electron chi connectivity index (χ0n) is 15.9. The summed E-state index contributed by atoms with van der Waals surface area (Å²) in [7, 11) is 0. The van der Waals surface area contributed by atoms with E-state index in [4.69, 9.17) is 11.6 Å². The van der Waals surface area contributed by atoms with Crippen molar-refractivity contribution < 1.29 is 19.9 Å². The third-order valence-electron chi connectivity index (χ3n) is 4.81. The number of aromatic hydroxyl groups is 2. The van der Waals surface area contributed by atoms with Crippen molar-refractivity contribution >= 4 is 53.6 Å². The van der Waals surface area contributed by atoms with Crippen LogP contribution in [0.25, 0.3) is 0 Å². The number of nitro benzene ring substituents is 1. The number of halogens is 3. The SMILES string of the molecule is Cl.Cl.O=C(CCN1CCN(c2ccccc2Cl)CC1)c1cc(O)c(O)c([N+](=O)[O-])c1. The third kappa shape index (κ3) is 5.89. The van der Waals surface area contributed by atoms with Gasteiger partial charge in [0.25, 0.3) is 0 Å². The fourth-order valence-corrected chi connectivity index (χ4v) is 3.48. The predicted molar refractivity (Wildman–Crippen MR) is 120 cm³/mol. The summed E-state index contributed by atoms with van der Waals surface area (Å²) in [4.78, 5) is 26.8. The van der Waals surface area contributed by atoms with Gasteiger partial charge in [-0.05, 0) is 18.2 Å². The lowest BCUT2D eigenvalue weighted by Gasteiger charge is -2.36. The summed E-state index contributed by atoms with van der Waals surface area (Å²) in [5.41, 5.74) is 0.320. The molecular weight excluding hydrogens is 457 g/mol. The maximum absolute atomic E-state index is 12.4. The molecule has 0 aromatic heterocycles. The monoisotopic (exact) mass is 477 g/mol. The molecule has 1 fully saturated rings. The van der Waals surface area contributed by atoms with E-state index in [0.29, 0.717) is 11.6 Å². The second kappa shape index (κ2) is 11.2. The van der Waals surface area contributed by atoms with Gasteiger partial charge >= 0.3 is 5.69 Å². The summed E-state index contributed by atoms with van der Waals surface area (Å²) >= 11 is 6.24. The van der Waals surface area contributed by atoms with Gasteiger partial charge in [-0.2, -0.15) is 0 Å². The minimum Gasteiger partial charge on any atom is -0.504 e. The number of hydrogen-bond donors (Lipinski definition) is 2. The fraction of sp³-hybridized carbons (Fsp3) is 0.316. The summed E-state index contributed by atoms with van der Waals surface area (Å²) in [6, 6.07) is 9.71. The number of para-hydroxylation sites is 1. The number of rotatable bonds is 6. The molecule has 1 saturated heterocycles. The summed E-state index contributed by atoms with van der Waals surface area (Å²) in [6.45, 7) is 3.59. The van der Waals surface area contributed by atoms with E-state index in [-0.39, 0.29) is 42.6 Å². The van der Waals surface area contributed by atoms with Gasteiger partial charge in [0.05, 0.1) is 15.6 Å². The van der Waals surface area contributed by atoms with E-state index in [1.54, 1.807) is 0 Å². The molecule has 164 valence electrons. The zero-order valence-corrected chi connectivity index (χ0v) is 18.3. The number of phenols is 2. The van der Waals surface area contributed by atoms with Crippen LogP contribution < -0.4 is 4.90 Å². The minimum absolute atomic E-state index is 0. The van der Waals surface area contributed by atoms with Crippen LogP contribution in [-0.2, 0) is 0 Å². The van der Waals surface area contributed by atoms with Crippen molar-refractivity contribution in [1.82, 2.24) is 4.90 Å². The van der Waals surface area contributed by atoms with Crippen LogP contribution in [0.3, 0.4) is 0 Å². The van der Waals surface area contributed by atoms with Crippen LogP contribution in [0.2, 0.25) is 5.02 Å². The molecule has 0 saturated carbocycles. The third-order valence-corrected chi connectivity index (χ3v) is 5.13. The number of Topliss-reactive ketones (excluding diaryl/α,β-unsaturated/α-hetero) is 1. The Hall–Kier alpha value is -2.26. The topological polar surface area (TPSA) is 107 Å². The van der Waals surface area contributed by atoms with Crippen LogP contribution in [0.15, 0.2) is 36.4 Å². The molecule has 0 unspecified atom stereocenters. The van der Waals surface area contributed by atoms with Crippen LogP contribution in [-0.4, -0.2) is 58.5 Å². The molecule has 0 bridgehead atoms. The van der Waals surface area contributed by atoms with Gasteiger partial charge in [0.15, 0.2) is 11.5 Å². The van der Waals surface area contributed by atoms with E-state index in [1.807, 2.05) is 24.3 Å². The number of carbonyl (C=O) groups is 1. The lowest BCUT2D eigenvalue weighted by atomic mass is 10.1. The number of phenolic OH excluding ortho intramolecular Hbond substituents is 2. The van der Waals surface area contributed by atoms with Crippen LogP contribution in [0.1, 0.15) is 16.8 Å². The molecule has 2 N–H and O–H groups in total. The van der Waals surface area contributed by atoms with Crippen LogP contribution in [0.5, 0.6) is 11.5 Å². The Bertz CT molecular complexity index is 905. The maximum atomic E-state index is 12.4. The average molecular weight is 479 g/mol. The Morgan fingerprint density at radius 1 is 1.10 bits per heavy atom. The number of nitrogens with zero attached hydrogens (tertiary/aromatic N) is 3. The number of ketones is 1. The molecule has 1 aliphatic heterocycles. The lowest BCUT2D eigenvalue weighted by Crippen LogP contribution is -2.47. The fourth-order valence-electron chi connectivity index (χ4n) is 3.23. The summed E-state index contributed by atoms with van der Waals surface area (Å²) in [5, 5.41) is 30.8. The second-order valence-corrected chi connectivity index (χ2v) is 6.98. The van der Waals surface area contributed by atoms with Gasteiger partial charge in [0.1, 0.15) is 0 Å². The van der Waals surface area contributed by atoms with Gasteiger partial charge in [-0.25, -0.2) is 0 Å². The Labute approximate surface area is 191 Å². The van der Waals surface area contributed by atoms with E-state index < -0.39 is 22.1 Å². The number of hydrogen-bond acceptors (Lipinski definition) is 7. The van der Waals surface area contributed by atoms with E-state index in [2.05, 4.69) is 9.80 Å². The van der Waals surface area contributed by atoms with Crippen LogP contribution in [0.4, 0.5) is 11.4 Å². The van der Waals surface area contributed by atoms with E-state index in [1.165, 1.54) is 0 Å². The number of piperazine rings is 1. The lowest BCUT2D eigenvalue weighted by molar-refractivity contribution is -0.386. The zero-order chi connectivity index (χ0) is 20.3. The first-order valence-corrected chi connectivity index (χ1v) is 9.20. The van der Waals surface area contributed by atoms with Gasteiger partial charge < -0.3 is 15.1 Å². The second-order valence-electron chi connectivity index (χ2n) is 6.57. The highest BCUT2D eigenvalue weighted by molar-refractivity contribution is 6.33. The largest absolute Gasteiger partial charge is 0.504 e. The molecule has 0 aliphatic carbocycles. The van der Waals surface area contributed by atoms with Crippen LogP contribution >= 0.6 is 36.4 Å². The van der Waals surface area contributed by atoms with Gasteiger partial charge in [0.2, 0.25) is 5.75 Å². The Morgan fingerprint density at radius 3 is 2.33 bits per heavy atom. The van der Waals surface area contributed by atoms with E-state index >= 15 is 0 Å². The maximum Gasteiger partial charge on any atom is 0.315 e. The number of benzene rings is 2. The van der Waals surface area contributed by atoms with Gasteiger partial charge in [-0.15, -0.1) is 24.8 Å². The first-order valence-electron chi connectivity index (χ1n) is 8.82. The summed E-state index contributed by atoms with van der Waals surface area (Å²) in [5.74, 6) is -1.84. The molecule has 8 nitrogen and oxygen atoms in total. The van der Waals surface area contributed by atoms with Crippen molar-refractivity contribution in [2.75, 3.05) is 37.6 Å². The highest BCUT2D eigenvalue weighted by atomic mass is 35.5. The number of carbonyl (C=O) groups excluding carboxylic acids is 1. The molecule has 11 heteroatoms. The standard InChI is InChI=1S/C19H20ClN3O5.2ClH/c20-14-3-1-2-4-15(14)22-9-7-21(8-10-22)6-5-17(24)13-11-16(23(27)28)19(26)18(25)12-13;;/h1-4,11-12,25-26H,5-10H2;2*1H. The Balaban J connectivity index is 0.00000225. The molecular formula is C19H22Cl3N3O5. The Morgan fingerprint density at radius 2 is 1.73 bits per heavy atom. The Kier molecular flexibility index (Phi) is 9.64. The first kappa shape index (κ1) is 25.8. The van der Waals surface area contributed by atoms with Crippen molar-refractivity contribution in [3.8, 4) is 11.5 Å². The molecule has 2 aromatic carbocycles. The first-order chi connectivity index (χ1) is 13.4. The molecule has 2 aromatic rings. The van der Waals surface area contributed by atoms with E-state index in [9.17, 15) is 25.1 Å². The molecule has 1 aliphatic rings. The normalized spacial score (nSPS) is 13.8. The molecule has 0 radical (unpaired) electrons. The van der Waals surface area contributed by atoms with Gasteiger partial charge in [0, 0.05) is 50.8 Å². The molecule has 0 atom stereocenters. The molecule has 0 spiro atoms. The molecule has 30 heavy (non-hydrogen) atoms. The molecule has 1 heterocycles. The van der Waals surface area contributed by atoms with Crippen molar-refractivity contribution in [1.29, 1.82) is 0 Å². The number of nitro groups is 1. The predicted octanol–water partition coefficient (Wildman–Crippen LogP) is 3.90. The molecule has 3 rings (SSSR count). The van der Waals surface area contributed by atoms with Crippen molar-refractivity contribution in [2.24, 2.45) is 0 Å². The van der Waals surface area contributed by atoms with Crippen molar-refractivity contribution in [3.05, 3.63) is 57.1 Å². The van der Waals surface area contributed by atoms with Gasteiger partial charge in [-0.3, -0.25) is 19.8 Å². The molecule has 0 amide bonds. The number of anilines is 1. The highest BCUT2D eigenvalue weighted by Gasteiger charge is 2.23. The van der Waals surface area contributed by atoms with Crippen molar-refractivity contribution in [2.45, 2.75) is 6.42 Å². The summed E-state index contributed by atoms with van der Waals surface area (Å²) in [6.07, 6.45) is 0.160. The highest BCUT2D eigenvalue weighted by Crippen LogP contribution is 2.36.